The van der Waals surface area contributed by atoms with Crippen LogP contribution < -0.4 is 16.1 Å². The molecule has 0 spiro atoms. The number of amides is 4. The summed E-state index contributed by atoms with van der Waals surface area (Å²) in [5.74, 6) is -2.74. The van der Waals surface area contributed by atoms with Gasteiger partial charge in [0.1, 0.15) is 17.1 Å². The first-order chi connectivity index (χ1) is 26.5. The van der Waals surface area contributed by atoms with E-state index in [1.807, 2.05) is 0 Å². The van der Waals surface area contributed by atoms with E-state index in [4.69, 9.17) is 9.25 Å². The van der Waals surface area contributed by atoms with Crippen LogP contribution in [-0.4, -0.2) is 75.4 Å². The van der Waals surface area contributed by atoms with E-state index in [1.54, 1.807) is 24.3 Å². The molecule has 1 saturated heterocycles. The van der Waals surface area contributed by atoms with Crippen molar-refractivity contribution < 1.29 is 48.2 Å². The molecule has 4 N–H and O–H groups in total. The Labute approximate surface area is 320 Å². The normalized spacial score (nSPS) is 12.7. The van der Waals surface area contributed by atoms with Crippen molar-refractivity contribution in [1.82, 2.24) is 15.7 Å². The Morgan fingerprint density at radius 1 is 0.782 bits per heavy atom. The molecule has 1 aliphatic carbocycles. The van der Waals surface area contributed by atoms with Crippen LogP contribution in [0.25, 0.3) is 33.4 Å². The van der Waals surface area contributed by atoms with Crippen molar-refractivity contribution in [1.29, 1.82) is 0 Å². The van der Waals surface area contributed by atoms with Crippen molar-refractivity contribution in [2.45, 2.75) is 70.6 Å². The third-order valence-corrected chi connectivity index (χ3v) is 10.0. The summed E-state index contributed by atoms with van der Waals surface area (Å²) in [4.78, 5) is 89.1. The Bertz CT molecular complexity index is 2080. The lowest BCUT2D eigenvalue weighted by Crippen LogP contribution is -2.32. The Hall–Kier alpha value is -5.70. The molecule has 2 aromatic carbocycles. The number of benzene rings is 3. The smallest absolute Gasteiger partial charge is 0.336 e. The molecule has 4 amide bonds. The maximum Gasteiger partial charge on any atom is 0.336 e. The maximum atomic E-state index is 13.0. The number of imide groups is 1. The molecule has 15 heteroatoms. The number of phenolic OH excluding ortho intramolecular Hbond substituents is 1. The highest BCUT2D eigenvalue weighted by atomic mass is 32.2. The average molecular weight is 774 g/mol. The topological polar surface area (TPSA) is 210 Å². The zero-order valence-corrected chi connectivity index (χ0v) is 31.0. The third-order valence-electron chi connectivity index (χ3n) is 9.05. The number of carboxylic acids is 1. The fraction of sp³-hybridized carbons (Fsp3) is 0.375. The quantitative estimate of drug-likeness (QED) is 0.0487. The van der Waals surface area contributed by atoms with Gasteiger partial charge in [-0.25, -0.2) is 9.59 Å². The van der Waals surface area contributed by atoms with E-state index >= 15 is 0 Å². The van der Waals surface area contributed by atoms with Crippen LogP contribution in [0.1, 0.15) is 91.3 Å². The number of fused-ring (bicyclic) bond motifs is 2. The number of carbonyl (C=O) groups is 6. The van der Waals surface area contributed by atoms with Gasteiger partial charge >= 0.3 is 11.9 Å². The van der Waals surface area contributed by atoms with E-state index in [2.05, 4.69) is 10.6 Å². The number of hydrogen-bond donors (Lipinski definition) is 4. The van der Waals surface area contributed by atoms with Crippen molar-refractivity contribution in [2.75, 3.05) is 24.6 Å². The second kappa shape index (κ2) is 19.6. The van der Waals surface area contributed by atoms with Gasteiger partial charge in [0.25, 0.3) is 17.7 Å². The zero-order chi connectivity index (χ0) is 39.3. The monoisotopic (exact) mass is 773 g/mol. The summed E-state index contributed by atoms with van der Waals surface area (Å²) in [5, 5.41) is 27.0. The van der Waals surface area contributed by atoms with Gasteiger partial charge in [0, 0.05) is 65.9 Å². The summed E-state index contributed by atoms with van der Waals surface area (Å²) in [6.45, 7) is 1.02. The SMILES string of the molecule is O=C(CSCCC(=O)ON1C(=O)CCC1=O)NCCCCCCCCCCNC(=O)c1ccc(-c2c3ccc(=O)cc-3oc3cc(O)ccc23)c(C(=O)O)c1. The Morgan fingerprint density at radius 2 is 1.44 bits per heavy atom. The minimum absolute atomic E-state index is 0.0148. The Morgan fingerprint density at radius 3 is 2.13 bits per heavy atom. The van der Waals surface area contributed by atoms with Crippen LogP contribution in [0, 0.1) is 0 Å². The number of nitrogens with zero attached hydrogens (tertiary/aromatic N) is 1. The molecule has 2 aliphatic heterocycles. The molecule has 5 rings (SSSR count). The number of carboxylic acid groups (broad SMARTS) is 1. The number of hydrogen-bond acceptors (Lipinski definition) is 11. The Kier molecular flexibility index (Phi) is 14.4. The molecule has 0 unspecified atom stereocenters. The first kappa shape index (κ1) is 40.5. The summed E-state index contributed by atoms with van der Waals surface area (Å²) in [7, 11) is 0. The molecular weight excluding hydrogens is 731 g/mol. The fourth-order valence-corrected chi connectivity index (χ4v) is 6.99. The summed E-state index contributed by atoms with van der Waals surface area (Å²) in [6, 6.07) is 13.2. The molecule has 2 heterocycles. The summed E-state index contributed by atoms with van der Waals surface area (Å²) in [5.41, 5.74) is 1.47. The van der Waals surface area contributed by atoms with Gasteiger partial charge in [0.2, 0.25) is 5.91 Å². The number of phenols is 1. The van der Waals surface area contributed by atoms with Crippen LogP contribution in [0.15, 0.2) is 63.8 Å². The molecule has 290 valence electrons. The molecule has 0 bridgehead atoms. The molecule has 2 aromatic rings. The van der Waals surface area contributed by atoms with E-state index in [0.717, 1.165) is 51.4 Å². The number of aromatic carboxylic acids is 1. The van der Waals surface area contributed by atoms with Gasteiger partial charge in [-0.15, -0.1) is 5.06 Å². The van der Waals surface area contributed by atoms with Crippen LogP contribution in [0.4, 0.5) is 0 Å². The second-order valence-corrected chi connectivity index (χ2v) is 14.3. The molecule has 0 atom stereocenters. The number of aromatic hydroxyl groups is 1. The molecule has 0 radical (unpaired) electrons. The number of unbranched alkanes of at least 4 members (excludes halogenated alkanes) is 7. The molecule has 1 fully saturated rings. The van der Waals surface area contributed by atoms with Crippen molar-refractivity contribution in [3.8, 4) is 28.2 Å². The number of hydroxylamine groups is 2. The van der Waals surface area contributed by atoms with Gasteiger partial charge in [0.05, 0.1) is 17.7 Å². The predicted octanol–water partition coefficient (Wildman–Crippen LogP) is 5.67. The minimum atomic E-state index is -1.22. The third kappa shape index (κ3) is 11.2. The molecular formula is C40H43N3O11S. The van der Waals surface area contributed by atoms with Crippen LogP contribution in [-0.2, 0) is 24.0 Å². The predicted molar refractivity (Wildman–Crippen MR) is 205 cm³/mol. The first-order valence-electron chi connectivity index (χ1n) is 18.3. The minimum Gasteiger partial charge on any atom is -0.508 e. The van der Waals surface area contributed by atoms with Crippen LogP contribution in [0.3, 0.4) is 0 Å². The van der Waals surface area contributed by atoms with Crippen molar-refractivity contribution in [3.05, 3.63) is 75.9 Å². The lowest BCUT2D eigenvalue weighted by Gasteiger charge is -2.17. The summed E-state index contributed by atoms with van der Waals surface area (Å²) >= 11 is 1.27. The summed E-state index contributed by atoms with van der Waals surface area (Å²) < 4.78 is 5.87. The van der Waals surface area contributed by atoms with E-state index in [0.29, 0.717) is 46.0 Å². The van der Waals surface area contributed by atoms with Crippen molar-refractivity contribution >= 4 is 58.3 Å². The average Bonchev–Trinajstić information content (AvgIpc) is 3.47. The van der Waals surface area contributed by atoms with Crippen LogP contribution >= 0.6 is 11.8 Å². The lowest BCUT2D eigenvalue weighted by molar-refractivity contribution is -0.197. The highest BCUT2D eigenvalue weighted by Gasteiger charge is 2.32. The molecule has 3 aliphatic rings. The molecule has 14 nitrogen and oxygen atoms in total. The highest BCUT2D eigenvalue weighted by molar-refractivity contribution is 7.99. The fourth-order valence-electron chi connectivity index (χ4n) is 6.25. The lowest BCUT2D eigenvalue weighted by atomic mass is 9.90. The van der Waals surface area contributed by atoms with Gasteiger partial charge in [0.15, 0.2) is 5.43 Å². The Balaban J connectivity index is 0.954. The molecule has 55 heavy (non-hydrogen) atoms. The molecule has 0 aromatic heterocycles. The number of nitrogens with one attached hydrogen (secondary N) is 2. The van der Waals surface area contributed by atoms with E-state index in [9.17, 15) is 43.8 Å². The van der Waals surface area contributed by atoms with Gasteiger partial charge in [-0.2, -0.15) is 11.8 Å². The van der Waals surface area contributed by atoms with Crippen LogP contribution in [0.2, 0.25) is 0 Å². The van der Waals surface area contributed by atoms with E-state index < -0.39 is 23.8 Å². The van der Waals surface area contributed by atoms with Crippen molar-refractivity contribution in [2.24, 2.45) is 0 Å². The standard InChI is InChI=1S/C40H43N3O11S/c44-26-10-13-29-32(22-26)53-33-23-27(45)11-14-30(33)38(29)28-12-9-25(21-31(28)40(51)52)39(50)42-19-8-6-4-2-1-3-5-7-18-41-34(46)24-55-20-17-37(49)54-43-35(47)15-16-36(43)48/h9-14,21-23,44H,1-8,15-20,24H2,(H,41,46)(H,42,50)(H,51,52). The van der Waals surface area contributed by atoms with Gasteiger partial charge in [-0.1, -0.05) is 44.6 Å². The number of rotatable bonds is 20. The van der Waals surface area contributed by atoms with Gasteiger partial charge < -0.3 is 30.1 Å². The zero-order valence-electron chi connectivity index (χ0n) is 30.2. The second-order valence-electron chi connectivity index (χ2n) is 13.2. The maximum absolute atomic E-state index is 13.0. The molecule has 0 saturated carbocycles. The van der Waals surface area contributed by atoms with Crippen LogP contribution in [0.5, 0.6) is 5.75 Å². The largest absolute Gasteiger partial charge is 0.508 e. The van der Waals surface area contributed by atoms with E-state index in [1.165, 1.54) is 42.1 Å². The van der Waals surface area contributed by atoms with Gasteiger partial charge in [-0.3, -0.25) is 24.0 Å². The number of thioether (sulfide) groups is 1. The van der Waals surface area contributed by atoms with E-state index in [-0.39, 0.29) is 70.5 Å². The van der Waals surface area contributed by atoms with Gasteiger partial charge in [-0.05, 0) is 54.8 Å². The summed E-state index contributed by atoms with van der Waals surface area (Å²) in [6.07, 6.45) is 7.78. The highest BCUT2D eigenvalue weighted by Crippen LogP contribution is 2.42. The number of carbonyl (C=O) groups excluding carboxylic acids is 5. The van der Waals surface area contributed by atoms with Crippen molar-refractivity contribution in [3.63, 3.8) is 0 Å². The first-order valence-corrected chi connectivity index (χ1v) is 19.4.